The topological polar surface area (TPSA) is 67.4 Å². The van der Waals surface area contributed by atoms with E-state index < -0.39 is 0 Å². The summed E-state index contributed by atoms with van der Waals surface area (Å²) in [6, 6.07) is 5.49. The van der Waals surface area contributed by atoms with E-state index in [1.807, 2.05) is 0 Å². The summed E-state index contributed by atoms with van der Waals surface area (Å²) < 4.78 is 5.74. The molecule has 1 aromatic carbocycles. The number of amides is 2. The number of fused-ring (bicyclic) bond motifs is 3. The van der Waals surface area contributed by atoms with Gasteiger partial charge in [-0.2, -0.15) is 0 Å². The predicted octanol–water partition coefficient (Wildman–Crippen LogP) is 1.23. The molecule has 0 saturated carbocycles. The summed E-state index contributed by atoms with van der Waals surface area (Å²) in [5.74, 6) is -0.0904. The summed E-state index contributed by atoms with van der Waals surface area (Å²) in [5, 5.41) is 5.83. The lowest BCUT2D eigenvalue weighted by Gasteiger charge is -2.20. The van der Waals surface area contributed by atoms with E-state index in [-0.39, 0.29) is 24.0 Å². The molecule has 0 radical (unpaired) electrons. The molecule has 0 spiro atoms. The number of carbonyl (C=O) groups is 2. The first-order chi connectivity index (χ1) is 9.69. The summed E-state index contributed by atoms with van der Waals surface area (Å²) in [7, 11) is 0. The zero-order valence-electron chi connectivity index (χ0n) is 11.0. The van der Waals surface area contributed by atoms with Crippen molar-refractivity contribution in [1.29, 1.82) is 0 Å². The first-order valence-electron chi connectivity index (χ1n) is 7.08. The molecule has 0 aliphatic carbocycles. The summed E-state index contributed by atoms with van der Waals surface area (Å²) in [6.45, 7) is 0. The highest BCUT2D eigenvalue weighted by atomic mass is 16.5. The molecule has 5 heteroatoms. The fraction of sp³-hybridized carbons (Fsp3) is 0.467. The normalized spacial score (nSPS) is 30.2. The molecule has 2 N–H and O–H groups in total. The van der Waals surface area contributed by atoms with Crippen LogP contribution < -0.4 is 10.6 Å². The van der Waals surface area contributed by atoms with Crippen LogP contribution in [0.15, 0.2) is 18.2 Å². The highest BCUT2D eigenvalue weighted by Gasteiger charge is 2.41. The molecule has 3 heterocycles. The van der Waals surface area contributed by atoms with Crippen LogP contribution in [0.4, 0.5) is 5.69 Å². The first kappa shape index (κ1) is 11.9. The monoisotopic (exact) mass is 272 g/mol. The number of nitrogens with one attached hydrogen (secondary N) is 2. The van der Waals surface area contributed by atoms with Gasteiger partial charge in [-0.1, -0.05) is 0 Å². The number of benzene rings is 1. The maximum Gasteiger partial charge on any atom is 0.251 e. The van der Waals surface area contributed by atoms with Crippen molar-refractivity contribution in [2.45, 2.75) is 43.9 Å². The van der Waals surface area contributed by atoms with E-state index >= 15 is 0 Å². The van der Waals surface area contributed by atoms with Gasteiger partial charge in [0.05, 0.1) is 24.7 Å². The van der Waals surface area contributed by atoms with E-state index in [4.69, 9.17) is 4.74 Å². The van der Waals surface area contributed by atoms with Gasteiger partial charge in [0.1, 0.15) is 0 Å². The number of hydrogen-bond acceptors (Lipinski definition) is 3. The minimum atomic E-state index is -0.0756. The molecule has 2 saturated heterocycles. The van der Waals surface area contributed by atoms with E-state index in [2.05, 4.69) is 10.6 Å². The molecule has 3 aliphatic rings. The van der Waals surface area contributed by atoms with Crippen LogP contribution in [-0.4, -0.2) is 30.1 Å². The van der Waals surface area contributed by atoms with Crippen molar-refractivity contribution in [3.05, 3.63) is 29.3 Å². The van der Waals surface area contributed by atoms with Crippen LogP contribution in [0, 0.1) is 0 Å². The molecular weight excluding hydrogens is 256 g/mol. The summed E-state index contributed by atoms with van der Waals surface area (Å²) >= 11 is 0. The average molecular weight is 272 g/mol. The molecule has 4 rings (SSSR count). The van der Waals surface area contributed by atoms with Gasteiger partial charge in [0.2, 0.25) is 5.91 Å². The molecule has 20 heavy (non-hydrogen) atoms. The van der Waals surface area contributed by atoms with Crippen LogP contribution >= 0.6 is 0 Å². The smallest absolute Gasteiger partial charge is 0.251 e. The first-order valence-corrected chi connectivity index (χ1v) is 7.08. The quantitative estimate of drug-likeness (QED) is 0.851. The SMILES string of the molecule is O=C1Cc2cc(C(=O)NC3CC4CCC3O4)ccc2N1. The third kappa shape index (κ3) is 1.89. The second-order valence-corrected chi connectivity index (χ2v) is 5.79. The Balaban J connectivity index is 1.49. The molecule has 2 amide bonds. The fourth-order valence-corrected chi connectivity index (χ4v) is 3.41. The molecule has 3 aliphatic heterocycles. The second kappa shape index (κ2) is 4.31. The van der Waals surface area contributed by atoms with Crippen molar-refractivity contribution in [2.24, 2.45) is 0 Å². The Hall–Kier alpha value is -1.88. The van der Waals surface area contributed by atoms with E-state index in [0.29, 0.717) is 18.1 Å². The van der Waals surface area contributed by atoms with Crippen molar-refractivity contribution >= 4 is 17.5 Å². The standard InChI is InChI=1S/C15H16N2O3/c18-14-6-9-5-8(1-3-11(9)16-14)15(19)17-12-7-10-2-4-13(12)20-10/h1,3,5,10,12-13H,2,4,6-7H2,(H,16,18)(H,17,19). The Labute approximate surface area is 116 Å². The maximum absolute atomic E-state index is 12.3. The van der Waals surface area contributed by atoms with Crippen molar-refractivity contribution in [3.63, 3.8) is 0 Å². The van der Waals surface area contributed by atoms with Crippen molar-refractivity contribution < 1.29 is 14.3 Å². The van der Waals surface area contributed by atoms with Crippen LogP contribution in [0.3, 0.4) is 0 Å². The number of ether oxygens (including phenoxy) is 1. The molecule has 5 nitrogen and oxygen atoms in total. The Kier molecular flexibility index (Phi) is 2.57. The van der Waals surface area contributed by atoms with E-state index in [0.717, 1.165) is 30.5 Å². The van der Waals surface area contributed by atoms with Crippen LogP contribution in [-0.2, 0) is 16.0 Å². The van der Waals surface area contributed by atoms with Gasteiger partial charge in [0.25, 0.3) is 5.91 Å². The van der Waals surface area contributed by atoms with Gasteiger partial charge >= 0.3 is 0 Å². The summed E-state index contributed by atoms with van der Waals surface area (Å²) in [4.78, 5) is 23.6. The van der Waals surface area contributed by atoms with Gasteiger partial charge in [-0.05, 0) is 43.0 Å². The van der Waals surface area contributed by atoms with Gasteiger partial charge in [-0.15, -0.1) is 0 Å². The lowest BCUT2D eigenvalue weighted by molar-refractivity contribution is -0.115. The largest absolute Gasteiger partial charge is 0.373 e. The Bertz CT molecular complexity index is 599. The van der Waals surface area contributed by atoms with Gasteiger partial charge in [0, 0.05) is 11.3 Å². The Morgan fingerprint density at radius 1 is 1.35 bits per heavy atom. The van der Waals surface area contributed by atoms with E-state index in [9.17, 15) is 9.59 Å². The van der Waals surface area contributed by atoms with Crippen LogP contribution in [0.1, 0.15) is 35.2 Å². The maximum atomic E-state index is 12.3. The molecule has 2 fully saturated rings. The van der Waals surface area contributed by atoms with Gasteiger partial charge in [-0.3, -0.25) is 9.59 Å². The second-order valence-electron chi connectivity index (χ2n) is 5.79. The highest BCUT2D eigenvalue weighted by Crippen LogP contribution is 2.34. The molecule has 3 unspecified atom stereocenters. The van der Waals surface area contributed by atoms with Crippen molar-refractivity contribution in [1.82, 2.24) is 5.32 Å². The molecule has 1 aromatic rings. The van der Waals surface area contributed by atoms with Gasteiger partial charge < -0.3 is 15.4 Å². The number of rotatable bonds is 2. The zero-order chi connectivity index (χ0) is 13.7. The predicted molar refractivity (Wildman–Crippen MR) is 72.5 cm³/mol. The molecule has 3 atom stereocenters. The lowest BCUT2D eigenvalue weighted by atomic mass is 9.95. The van der Waals surface area contributed by atoms with E-state index in [1.54, 1.807) is 18.2 Å². The van der Waals surface area contributed by atoms with Gasteiger partial charge in [0.15, 0.2) is 0 Å². The summed E-state index contributed by atoms with van der Waals surface area (Å²) in [5.41, 5.74) is 2.32. The number of hydrogen-bond donors (Lipinski definition) is 2. The van der Waals surface area contributed by atoms with Gasteiger partial charge in [-0.25, -0.2) is 0 Å². The molecule has 104 valence electrons. The van der Waals surface area contributed by atoms with Crippen LogP contribution in [0.5, 0.6) is 0 Å². The van der Waals surface area contributed by atoms with Crippen molar-refractivity contribution in [3.8, 4) is 0 Å². The van der Waals surface area contributed by atoms with E-state index in [1.165, 1.54) is 0 Å². The minimum absolute atomic E-state index is 0.0148. The highest BCUT2D eigenvalue weighted by molar-refractivity contribution is 6.01. The third-order valence-corrected chi connectivity index (χ3v) is 4.42. The van der Waals surface area contributed by atoms with Crippen LogP contribution in [0.2, 0.25) is 0 Å². The van der Waals surface area contributed by atoms with Crippen molar-refractivity contribution in [2.75, 3.05) is 5.32 Å². The average Bonchev–Trinajstić information content (AvgIpc) is 3.10. The Morgan fingerprint density at radius 2 is 2.25 bits per heavy atom. The molecule has 2 bridgehead atoms. The van der Waals surface area contributed by atoms with Crippen LogP contribution in [0.25, 0.3) is 0 Å². The molecule has 0 aromatic heterocycles. The minimum Gasteiger partial charge on any atom is -0.373 e. The Morgan fingerprint density at radius 3 is 3.00 bits per heavy atom. The number of carbonyl (C=O) groups excluding carboxylic acids is 2. The third-order valence-electron chi connectivity index (χ3n) is 4.42. The molecular formula is C15H16N2O3. The number of anilines is 1. The summed E-state index contributed by atoms with van der Waals surface area (Å²) in [6.07, 6.45) is 3.94. The lowest BCUT2D eigenvalue weighted by Crippen LogP contribution is -2.41. The zero-order valence-corrected chi connectivity index (χ0v) is 11.0. The fourth-order valence-electron chi connectivity index (χ4n) is 3.41.